The number of phenolic OH excluding ortho intramolecular Hbond substituents is 1. The van der Waals surface area contributed by atoms with Crippen LogP contribution in [0.25, 0.3) is 0 Å². The standard InChI is InChI=1S/C10H9NO2/c1-8(11-7-12)6-9-2-4-10(13)5-3-9/h2-5,13H,1,6H2. The van der Waals surface area contributed by atoms with E-state index in [2.05, 4.69) is 11.6 Å². The number of carbonyl (C=O) groups excluding carboxylic acids is 1. The zero-order valence-corrected chi connectivity index (χ0v) is 7.03. The summed E-state index contributed by atoms with van der Waals surface area (Å²) in [6.45, 7) is 3.57. The van der Waals surface area contributed by atoms with Crippen molar-refractivity contribution in [2.45, 2.75) is 6.42 Å². The quantitative estimate of drug-likeness (QED) is 0.562. The molecule has 0 aliphatic rings. The molecule has 0 bridgehead atoms. The Labute approximate surface area is 76.1 Å². The zero-order valence-electron chi connectivity index (χ0n) is 7.03. The van der Waals surface area contributed by atoms with Crippen LogP contribution in [0.1, 0.15) is 5.56 Å². The van der Waals surface area contributed by atoms with Crippen LogP contribution in [-0.2, 0) is 11.2 Å². The normalized spacial score (nSPS) is 8.92. The number of isocyanates is 1. The Kier molecular flexibility index (Phi) is 3.01. The molecule has 0 saturated carbocycles. The maximum atomic E-state index is 9.87. The smallest absolute Gasteiger partial charge is 0.240 e. The van der Waals surface area contributed by atoms with Crippen LogP contribution in [0.3, 0.4) is 0 Å². The minimum atomic E-state index is 0.216. The summed E-state index contributed by atoms with van der Waals surface area (Å²) in [5.74, 6) is 0.216. The van der Waals surface area contributed by atoms with Crippen LogP contribution in [-0.4, -0.2) is 11.2 Å². The van der Waals surface area contributed by atoms with Crippen LogP contribution >= 0.6 is 0 Å². The molecule has 0 unspecified atom stereocenters. The Balaban J connectivity index is 2.69. The molecule has 0 saturated heterocycles. The van der Waals surface area contributed by atoms with Crippen molar-refractivity contribution in [1.82, 2.24) is 0 Å². The van der Waals surface area contributed by atoms with Gasteiger partial charge in [-0.3, -0.25) is 0 Å². The van der Waals surface area contributed by atoms with Crippen molar-refractivity contribution in [3.05, 3.63) is 42.1 Å². The second kappa shape index (κ2) is 4.24. The highest BCUT2D eigenvalue weighted by atomic mass is 16.3. The van der Waals surface area contributed by atoms with Gasteiger partial charge < -0.3 is 5.11 Å². The minimum Gasteiger partial charge on any atom is -0.508 e. The Morgan fingerprint density at radius 3 is 2.62 bits per heavy atom. The van der Waals surface area contributed by atoms with Crippen molar-refractivity contribution in [2.75, 3.05) is 0 Å². The van der Waals surface area contributed by atoms with Gasteiger partial charge in [-0.2, -0.15) is 4.99 Å². The summed E-state index contributed by atoms with van der Waals surface area (Å²) < 4.78 is 0. The molecule has 66 valence electrons. The summed E-state index contributed by atoms with van der Waals surface area (Å²) in [6.07, 6.45) is 1.92. The van der Waals surface area contributed by atoms with Gasteiger partial charge >= 0.3 is 0 Å². The maximum Gasteiger partial charge on any atom is 0.240 e. The SMILES string of the molecule is C=C(Cc1ccc(O)cc1)N=C=O. The summed E-state index contributed by atoms with van der Waals surface area (Å²) >= 11 is 0. The fraction of sp³-hybridized carbons (Fsp3) is 0.100. The van der Waals surface area contributed by atoms with Crippen LogP contribution in [0.15, 0.2) is 41.5 Å². The van der Waals surface area contributed by atoms with Gasteiger partial charge in [-0.1, -0.05) is 18.7 Å². The van der Waals surface area contributed by atoms with E-state index in [4.69, 9.17) is 5.11 Å². The molecule has 0 aromatic heterocycles. The Hall–Kier alpha value is -1.86. The first kappa shape index (κ1) is 9.23. The number of allylic oxidation sites excluding steroid dienone is 1. The number of aliphatic imine (C=N–C) groups is 1. The van der Waals surface area contributed by atoms with Crippen LogP contribution in [0.5, 0.6) is 5.75 Å². The number of hydrogen-bond donors (Lipinski definition) is 1. The molecule has 0 radical (unpaired) electrons. The van der Waals surface area contributed by atoms with Gasteiger partial charge in [0.2, 0.25) is 6.08 Å². The highest BCUT2D eigenvalue weighted by Gasteiger charge is 1.95. The van der Waals surface area contributed by atoms with E-state index in [1.54, 1.807) is 24.3 Å². The van der Waals surface area contributed by atoms with Gasteiger partial charge in [0.25, 0.3) is 0 Å². The molecule has 0 fully saturated rings. The molecule has 0 heterocycles. The Bertz CT molecular complexity index is 348. The number of nitrogens with zero attached hydrogens (tertiary/aromatic N) is 1. The molecule has 1 aromatic rings. The van der Waals surface area contributed by atoms with Gasteiger partial charge in [0.15, 0.2) is 0 Å². The van der Waals surface area contributed by atoms with Crippen molar-refractivity contribution in [3.8, 4) is 5.75 Å². The van der Waals surface area contributed by atoms with Crippen LogP contribution in [0, 0.1) is 0 Å². The predicted molar refractivity (Wildman–Crippen MR) is 49.1 cm³/mol. The van der Waals surface area contributed by atoms with Crippen molar-refractivity contribution in [2.24, 2.45) is 4.99 Å². The number of phenols is 1. The second-order valence-corrected chi connectivity index (χ2v) is 2.61. The number of benzene rings is 1. The lowest BCUT2D eigenvalue weighted by Gasteiger charge is -1.98. The van der Waals surface area contributed by atoms with Gasteiger partial charge in [-0.15, -0.1) is 0 Å². The van der Waals surface area contributed by atoms with Crippen molar-refractivity contribution in [1.29, 1.82) is 0 Å². The van der Waals surface area contributed by atoms with E-state index in [1.165, 1.54) is 6.08 Å². The number of aromatic hydroxyl groups is 1. The monoisotopic (exact) mass is 175 g/mol. The third kappa shape index (κ3) is 2.93. The first-order valence-electron chi connectivity index (χ1n) is 3.76. The molecular weight excluding hydrogens is 166 g/mol. The molecule has 1 rings (SSSR count). The summed E-state index contributed by atoms with van der Waals surface area (Å²) in [7, 11) is 0. The molecule has 3 heteroatoms. The summed E-state index contributed by atoms with van der Waals surface area (Å²) in [4.78, 5) is 13.2. The third-order valence-corrected chi connectivity index (χ3v) is 1.55. The average Bonchev–Trinajstić information content (AvgIpc) is 2.09. The Morgan fingerprint density at radius 1 is 1.46 bits per heavy atom. The molecule has 0 aliphatic heterocycles. The van der Waals surface area contributed by atoms with E-state index < -0.39 is 0 Å². The first-order chi connectivity index (χ1) is 6.22. The first-order valence-corrected chi connectivity index (χ1v) is 3.76. The van der Waals surface area contributed by atoms with Crippen molar-refractivity contribution < 1.29 is 9.90 Å². The molecule has 0 atom stereocenters. The second-order valence-electron chi connectivity index (χ2n) is 2.61. The van der Waals surface area contributed by atoms with Crippen LogP contribution in [0.2, 0.25) is 0 Å². The number of hydrogen-bond acceptors (Lipinski definition) is 3. The number of rotatable bonds is 3. The summed E-state index contributed by atoms with van der Waals surface area (Å²) in [5, 5.41) is 8.99. The average molecular weight is 175 g/mol. The van der Waals surface area contributed by atoms with Crippen LogP contribution < -0.4 is 0 Å². The lowest BCUT2D eigenvalue weighted by molar-refractivity contribution is 0.475. The molecule has 3 nitrogen and oxygen atoms in total. The van der Waals surface area contributed by atoms with Crippen molar-refractivity contribution in [3.63, 3.8) is 0 Å². The predicted octanol–water partition coefficient (Wildman–Crippen LogP) is 1.78. The van der Waals surface area contributed by atoms with E-state index in [9.17, 15) is 4.79 Å². The largest absolute Gasteiger partial charge is 0.508 e. The van der Waals surface area contributed by atoms with E-state index in [-0.39, 0.29) is 5.75 Å². The molecular formula is C10H9NO2. The van der Waals surface area contributed by atoms with E-state index >= 15 is 0 Å². The molecule has 1 N–H and O–H groups in total. The Morgan fingerprint density at radius 2 is 2.08 bits per heavy atom. The molecule has 1 aromatic carbocycles. The van der Waals surface area contributed by atoms with E-state index in [1.807, 2.05) is 0 Å². The summed E-state index contributed by atoms with van der Waals surface area (Å²) in [6, 6.07) is 6.65. The lowest BCUT2D eigenvalue weighted by atomic mass is 10.1. The van der Waals surface area contributed by atoms with E-state index in [0.29, 0.717) is 12.1 Å². The van der Waals surface area contributed by atoms with E-state index in [0.717, 1.165) is 5.56 Å². The highest BCUT2D eigenvalue weighted by molar-refractivity contribution is 5.37. The lowest BCUT2D eigenvalue weighted by Crippen LogP contribution is -1.85. The molecule has 0 aliphatic carbocycles. The van der Waals surface area contributed by atoms with Gasteiger partial charge in [0, 0.05) is 6.42 Å². The topological polar surface area (TPSA) is 49.7 Å². The fourth-order valence-electron chi connectivity index (χ4n) is 0.954. The molecule has 0 amide bonds. The van der Waals surface area contributed by atoms with Gasteiger partial charge in [-0.05, 0) is 17.7 Å². The zero-order chi connectivity index (χ0) is 9.68. The molecule has 0 spiro atoms. The minimum absolute atomic E-state index is 0.216. The van der Waals surface area contributed by atoms with Gasteiger partial charge in [-0.25, -0.2) is 4.79 Å². The summed E-state index contributed by atoms with van der Waals surface area (Å²) in [5.41, 5.74) is 1.41. The maximum absolute atomic E-state index is 9.87. The van der Waals surface area contributed by atoms with Crippen LogP contribution in [0.4, 0.5) is 0 Å². The third-order valence-electron chi connectivity index (χ3n) is 1.55. The fourth-order valence-corrected chi connectivity index (χ4v) is 0.954. The van der Waals surface area contributed by atoms with Crippen molar-refractivity contribution >= 4 is 6.08 Å². The highest BCUT2D eigenvalue weighted by Crippen LogP contribution is 2.12. The van der Waals surface area contributed by atoms with Gasteiger partial charge in [0.1, 0.15) is 5.75 Å². The molecule has 13 heavy (non-hydrogen) atoms. The van der Waals surface area contributed by atoms with Gasteiger partial charge in [0.05, 0.1) is 5.70 Å².